The van der Waals surface area contributed by atoms with Gasteiger partial charge in [0.1, 0.15) is 5.75 Å². The second kappa shape index (κ2) is 3.63. The Kier molecular flexibility index (Phi) is 2.45. The van der Waals surface area contributed by atoms with Gasteiger partial charge in [-0.05, 0) is 18.2 Å². The van der Waals surface area contributed by atoms with Gasteiger partial charge >= 0.3 is 0 Å². The lowest BCUT2D eigenvalue weighted by molar-refractivity contribution is -0.120. The average molecular weight is 227 g/mol. The van der Waals surface area contributed by atoms with Crippen molar-refractivity contribution in [3.8, 4) is 5.75 Å². The molecule has 2 rings (SSSR count). The monoisotopic (exact) mass is 227 g/mol. The Labute approximate surface area is 88.9 Å². The summed E-state index contributed by atoms with van der Waals surface area (Å²) in [6, 6.07) is 4.56. The molecule has 1 heterocycles. The van der Waals surface area contributed by atoms with Crippen LogP contribution in [0.2, 0.25) is 0 Å². The number of rotatable bonds is 1. The zero-order valence-electron chi connectivity index (χ0n) is 7.97. The van der Waals surface area contributed by atoms with Crippen molar-refractivity contribution in [1.29, 1.82) is 0 Å². The molecule has 0 aliphatic carbocycles. The molecule has 1 aromatic rings. The van der Waals surface area contributed by atoms with Gasteiger partial charge in [0.2, 0.25) is 0 Å². The lowest BCUT2D eigenvalue weighted by atomic mass is 10.2. The van der Waals surface area contributed by atoms with Crippen molar-refractivity contribution in [2.75, 3.05) is 18.6 Å². The lowest BCUT2D eigenvalue weighted by Crippen LogP contribution is -2.35. The highest BCUT2D eigenvalue weighted by Gasteiger charge is 2.22. The summed E-state index contributed by atoms with van der Waals surface area (Å²) in [6.07, 6.45) is 0. The van der Waals surface area contributed by atoms with E-state index in [1.807, 2.05) is 0 Å². The fourth-order valence-electron chi connectivity index (χ4n) is 1.36. The predicted octanol–water partition coefficient (Wildman–Crippen LogP) is 0.622. The van der Waals surface area contributed by atoms with Gasteiger partial charge in [-0.1, -0.05) is 0 Å². The first-order valence-corrected chi connectivity index (χ1v) is 5.34. The zero-order valence-corrected chi connectivity index (χ0v) is 8.78. The van der Waals surface area contributed by atoms with E-state index in [0.29, 0.717) is 11.4 Å². The first kappa shape index (κ1) is 10.1. The van der Waals surface area contributed by atoms with Crippen molar-refractivity contribution >= 4 is 22.7 Å². The minimum absolute atomic E-state index is 0.00502. The van der Waals surface area contributed by atoms with Gasteiger partial charge in [0.05, 0.1) is 10.6 Å². The molecule has 1 unspecified atom stereocenters. The summed E-state index contributed by atoms with van der Waals surface area (Å²) in [7, 11) is 1.60. The van der Waals surface area contributed by atoms with Crippen LogP contribution < -0.4 is 9.64 Å². The Morgan fingerprint density at radius 2 is 2.27 bits per heavy atom. The van der Waals surface area contributed by atoms with Crippen molar-refractivity contribution in [3.63, 3.8) is 0 Å². The summed E-state index contributed by atoms with van der Waals surface area (Å²) >= 11 is -2.05. The number of nitrogens with zero attached hydrogens (tertiary/aromatic N) is 1. The maximum absolute atomic E-state index is 11.3. The fourth-order valence-corrected chi connectivity index (χ4v) is 1.76. The van der Waals surface area contributed by atoms with Crippen LogP contribution in [0.25, 0.3) is 0 Å². The van der Waals surface area contributed by atoms with Crippen molar-refractivity contribution in [1.82, 2.24) is 0 Å². The number of amides is 1. The van der Waals surface area contributed by atoms with Crippen LogP contribution in [0.1, 0.15) is 0 Å². The average Bonchev–Trinajstić information content (AvgIpc) is 2.23. The topological polar surface area (TPSA) is 66.8 Å². The zero-order chi connectivity index (χ0) is 11.0. The van der Waals surface area contributed by atoms with E-state index in [1.165, 1.54) is 17.0 Å². The van der Waals surface area contributed by atoms with Crippen LogP contribution >= 0.6 is 0 Å². The molecule has 5 nitrogen and oxygen atoms in total. The molecule has 0 bridgehead atoms. The molecule has 80 valence electrons. The van der Waals surface area contributed by atoms with Crippen molar-refractivity contribution in [2.24, 2.45) is 0 Å². The van der Waals surface area contributed by atoms with Crippen LogP contribution in [0.5, 0.6) is 5.75 Å². The Morgan fingerprint density at radius 3 is 2.93 bits per heavy atom. The second-order valence-corrected chi connectivity index (χ2v) is 4.09. The number of likely N-dealkylation sites (N-methyl/N-ethyl adjacent to an activating group) is 1. The molecule has 1 N–H and O–H groups in total. The van der Waals surface area contributed by atoms with Crippen LogP contribution in [0.15, 0.2) is 23.1 Å². The Bertz CT molecular complexity index is 446. The van der Waals surface area contributed by atoms with Gasteiger partial charge in [-0.2, -0.15) is 0 Å². The number of anilines is 1. The fraction of sp³-hybridized carbons (Fsp3) is 0.222. The molecule has 1 aliphatic rings. The Balaban J connectivity index is 2.50. The van der Waals surface area contributed by atoms with Crippen LogP contribution in [0, 0.1) is 0 Å². The van der Waals surface area contributed by atoms with Crippen LogP contribution in [-0.2, 0) is 15.9 Å². The molecule has 0 saturated carbocycles. The van der Waals surface area contributed by atoms with Crippen LogP contribution in [-0.4, -0.2) is 28.3 Å². The van der Waals surface area contributed by atoms with Crippen molar-refractivity contribution in [3.05, 3.63) is 18.2 Å². The standard InChI is InChI=1S/C9H9NO4S/c1-10-7-4-6(15(12)13)2-3-8(7)14-5-9(10)11/h2-4H,5H2,1H3,(H,12,13). The van der Waals surface area contributed by atoms with E-state index in [4.69, 9.17) is 9.29 Å². The van der Waals surface area contributed by atoms with E-state index in [2.05, 4.69) is 0 Å². The summed E-state index contributed by atoms with van der Waals surface area (Å²) in [5, 5.41) is 0. The molecule has 1 amide bonds. The van der Waals surface area contributed by atoms with Crippen molar-refractivity contribution < 1.29 is 18.3 Å². The van der Waals surface area contributed by atoms with E-state index >= 15 is 0 Å². The number of carbonyl (C=O) groups excluding carboxylic acids is 1. The number of carbonyl (C=O) groups is 1. The highest BCUT2D eigenvalue weighted by molar-refractivity contribution is 7.79. The molecule has 15 heavy (non-hydrogen) atoms. The molecule has 1 aromatic carbocycles. The van der Waals surface area contributed by atoms with Gasteiger partial charge < -0.3 is 14.2 Å². The molecule has 1 atom stereocenters. The first-order chi connectivity index (χ1) is 7.09. The summed E-state index contributed by atoms with van der Waals surface area (Å²) < 4.78 is 24.9. The smallest absolute Gasteiger partial charge is 0.264 e. The van der Waals surface area contributed by atoms with Crippen molar-refractivity contribution in [2.45, 2.75) is 4.90 Å². The molecule has 0 aromatic heterocycles. The molecule has 6 heteroatoms. The first-order valence-electron chi connectivity index (χ1n) is 4.24. The predicted molar refractivity (Wildman–Crippen MR) is 54.4 cm³/mol. The quantitative estimate of drug-likeness (QED) is 0.714. The van der Waals surface area contributed by atoms with Gasteiger partial charge in [-0.3, -0.25) is 4.79 Å². The molecule has 0 fully saturated rings. The number of benzene rings is 1. The second-order valence-electron chi connectivity index (χ2n) is 3.12. The van der Waals surface area contributed by atoms with Crippen LogP contribution in [0.3, 0.4) is 0 Å². The number of fused-ring (bicyclic) bond motifs is 1. The van der Waals surface area contributed by atoms with E-state index in [-0.39, 0.29) is 17.4 Å². The minimum atomic E-state index is -2.05. The highest BCUT2D eigenvalue weighted by atomic mass is 32.2. The molecule has 1 aliphatic heterocycles. The van der Waals surface area contributed by atoms with Gasteiger partial charge in [-0.25, -0.2) is 4.21 Å². The third-order valence-corrected chi connectivity index (χ3v) is 2.88. The molecule has 0 spiro atoms. The van der Waals surface area contributed by atoms with Gasteiger partial charge in [0.25, 0.3) is 5.91 Å². The summed E-state index contributed by atoms with van der Waals surface area (Å²) in [5.41, 5.74) is 0.520. The third kappa shape index (κ3) is 1.73. The van der Waals surface area contributed by atoms with Crippen LogP contribution in [0.4, 0.5) is 5.69 Å². The number of ether oxygens (including phenoxy) is 1. The Morgan fingerprint density at radius 1 is 1.53 bits per heavy atom. The normalized spacial score (nSPS) is 16.9. The van der Waals surface area contributed by atoms with Gasteiger partial charge in [0, 0.05) is 7.05 Å². The van der Waals surface area contributed by atoms with E-state index in [9.17, 15) is 9.00 Å². The number of hydrogen-bond acceptors (Lipinski definition) is 3. The minimum Gasteiger partial charge on any atom is -0.482 e. The molecule has 0 radical (unpaired) electrons. The third-order valence-electron chi connectivity index (χ3n) is 2.22. The highest BCUT2D eigenvalue weighted by Crippen LogP contribution is 2.32. The maximum Gasteiger partial charge on any atom is 0.264 e. The van der Waals surface area contributed by atoms with Gasteiger partial charge in [0.15, 0.2) is 17.7 Å². The molecular weight excluding hydrogens is 218 g/mol. The lowest BCUT2D eigenvalue weighted by Gasteiger charge is -2.25. The summed E-state index contributed by atoms with van der Waals surface area (Å²) in [6.45, 7) is 0.00502. The van der Waals surface area contributed by atoms with E-state index < -0.39 is 11.1 Å². The maximum atomic E-state index is 11.3. The molecule has 0 saturated heterocycles. The summed E-state index contributed by atoms with van der Waals surface area (Å²) in [4.78, 5) is 13.0. The Hall–Kier alpha value is -1.40. The number of hydrogen-bond donors (Lipinski definition) is 1. The van der Waals surface area contributed by atoms with E-state index in [0.717, 1.165) is 0 Å². The molecular formula is C9H9NO4S. The SMILES string of the molecule is CN1C(=O)COc2ccc(S(=O)O)cc21. The van der Waals surface area contributed by atoms with Gasteiger partial charge in [-0.15, -0.1) is 0 Å². The summed E-state index contributed by atoms with van der Waals surface area (Å²) in [5.74, 6) is 0.370. The largest absolute Gasteiger partial charge is 0.482 e. The van der Waals surface area contributed by atoms with E-state index in [1.54, 1.807) is 13.1 Å².